The molecule has 1 aromatic carbocycles. The number of alkyl halides is 2. The molecule has 0 bridgehead atoms. The largest absolute Gasteiger partial charge is 0.507 e. The Hall–Kier alpha value is -1.12. The summed E-state index contributed by atoms with van der Waals surface area (Å²) in [6.45, 7) is 0.461. The number of phenolic OH excluding ortho intramolecular Hbond substituents is 1. The van der Waals surface area contributed by atoms with Crippen molar-refractivity contribution in [3.05, 3.63) is 29.7 Å². The van der Waals surface area contributed by atoms with Gasteiger partial charge in [0.15, 0.2) is 0 Å². The van der Waals surface area contributed by atoms with Gasteiger partial charge in [-0.15, -0.1) is 0 Å². The van der Waals surface area contributed by atoms with Crippen LogP contribution < -0.4 is 0 Å². The van der Waals surface area contributed by atoms with Crippen LogP contribution in [0.4, 0.5) is 8.78 Å². The van der Waals surface area contributed by atoms with Crippen molar-refractivity contribution in [3.63, 3.8) is 0 Å². The van der Waals surface area contributed by atoms with Crippen LogP contribution in [0.25, 0.3) is 0 Å². The summed E-state index contributed by atoms with van der Waals surface area (Å²) in [6.07, 6.45) is 0. The van der Waals surface area contributed by atoms with Crippen molar-refractivity contribution in [2.75, 3.05) is 0 Å². The van der Waals surface area contributed by atoms with Gasteiger partial charge in [-0.1, -0.05) is 12.1 Å². The molecule has 0 aliphatic heterocycles. The zero-order chi connectivity index (χ0) is 12.0. The maximum atomic E-state index is 13.0. The van der Waals surface area contributed by atoms with E-state index in [0.717, 1.165) is 0 Å². The zero-order valence-electron chi connectivity index (χ0n) is 9.70. The minimum Gasteiger partial charge on any atom is -0.507 e. The van der Waals surface area contributed by atoms with E-state index in [1.54, 1.807) is 0 Å². The molecule has 0 aliphatic rings. The van der Waals surface area contributed by atoms with E-state index < -0.39 is 41.4 Å². The van der Waals surface area contributed by atoms with Gasteiger partial charge in [-0.2, -0.15) is 0 Å². The highest BCUT2D eigenvalue weighted by Crippen LogP contribution is 2.32. The fourth-order valence-corrected chi connectivity index (χ4v) is 0.624. The van der Waals surface area contributed by atoms with Crippen LogP contribution in [0, 0.1) is 0 Å². The minimum absolute atomic E-state index is 0.461. The Morgan fingerprint density at radius 1 is 1.45 bits per heavy atom. The lowest BCUT2D eigenvalue weighted by molar-refractivity contribution is 0.0152. The lowest BCUT2D eigenvalue weighted by Crippen LogP contribution is -2.06. The van der Waals surface area contributed by atoms with E-state index in [2.05, 4.69) is 0 Å². The molecule has 0 spiro atoms. The molecular formula is C8H8F2O. The Balaban J connectivity index is 3.68. The minimum atomic E-state index is -3.51. The monoisotopic (exact) mass is 162 g/mol. The third-order valence-corrected chi connectivity index (χ3v) is 1.11. The Kier molecular flexibility index (Phi) is 0.916. The summed E-state index contributed by atoms with van der Waals surface area (Å²) in [5.41, 5.74) is -1.08. The van der Waals surface area contributed by atoms with Crippen LogP contribution >= 0.6 is 0 Å². The highest BCUT2D eigenvalue weighted by atomic mass is 19.3. The predicted molar refractivity (Wildman–Crippen MR) is 37.7 cm³/mol. The van der Waals surface area contributed by atoms with Crippen molar-refractivity contribution in [2.45, 2.75) is 12.8 Å². The Labute approximate surface area is 68.9 Å². The quantitative estimate of drug-likeness (QED) is 0.672. The number of para-hydroxylation sites is 1. The average Bonchev–Trinajstić information content (AvgIpc) is 2.09. The second kappa shape index (κ2) is 2.49. The first-order valence-corrected chi connectivity index (χ1v) is 2.85. The van der Waals surface area contributed by atoms with Crippen LogP contribution in [0.1, 0.15) is 18.0 Å². The summed E-state index contributed by atoms with van der Waals surface area (Å²) in [5, 5.41) is 9.23. The van der Waals surface area contributed by atoms with Gasteiger partial charge in [0, 0.05) is 6.92 Å². The van der Waals surface area contributed by atoms with Crippen LogP contribution in [0.2, 0.25) is 0 Å². The molecule has 1 rings (SSSR count). The van der Waals surface area contributed by atoms with Crippen molar-refractivity contribution in [3.8, 4) is 5.75 Å². The number of halogens is 2. The number of hydrogen-bond acceptors (Lipinski definition) is 1. The van der Waals surface area contributed by atoms with Crippen molar-refractivity contribution in [2.24, 2.45) is 0 Å². The Bertz CT molecular complexity index is 385. The van der Waals surface area contributed by atoms with Crippen molar-refractivity contribution in [1.82, 2.24) is 0 Å². The van der Waals surface area contributed by atoms with Crippen LogP contribution in [0.3, 0.4) is 0 Å². The van der Waals surface area contributed by atoms with Crippen molar-refractivity contribution in [1.29, 1.82) is 0 Å². The summed E-state index contributed by atoms with van der Waals surface area (Å²) in [4.78, 5) is 0. The lowest BCUT2D eigenvalue weighted by Gasteiger charge is -2.11. The lowest BCUT2D eigenvalue weighted by atomic mass is 10.1. The standard InChI is InChI=1S/C8H8F2O/c1-8(9,10)6-4-2-3-5-7(6)11/h2-5,11H,1H3/i2D,3D,4D,5D. The zero-order valence-corrected chi connectivity index (χ0v) is 5.70. The second-order valence-electron chi connectivity index (χ2n) is 2.11. The van der Waals surface area contributed by atoms with E-state index in [1.165, 1.54) is 0 Å². The molecule has 11 heavy (non-hydrogen) atoms. The van der Waals surface area contributed by atoms with Crippen LogP contribution in [-0.2, 0) is 5.92 Å². The SMILES string of the molecule is [2H]c1c([2H])c([2H])c(C(C)(F)F)c(O)c1[2H]. The van der Waals surface area contributed by atoms with E-state index in [0.29, 0.717) is 6.92 Å². The Morgan fingerprint density at radius 3 is 2.55 bits per heavy atom. The normalized spacial score (nSPS) is 16.6. The van der Waals surface area contributed by atoms with Gasteiger partial charge in [-0.3, -0.25) is 0 Å². The van der Waals surface area contributed by atoms with Gasteiger partial charge in [0.25, 0.3) is 5.92 Å². The third-order valence-electron chi connectivity index (χ3n) is 1.11. The van der Waals surface area contributed by atoms with E-state index in [9.17, 15) is 13.9 Å². The summed E-state index contributed by atoms with van der Waals surface area (Å²) >= 11 is 0. The molecule has 1 aromatic rings. The van der Waals surface area contributed by atoms with Gasteiger partial charge >= 0.3 is 0 Å². The molecule has 0 unspecified atom stereocenters. The molecule has 1 nitrogen and oxygen atoms in total. The fraction of sp³-hybridized carbons (Fsp3) is 0.250. The number of benzene rings is 1. The highest BCUT2D eigenvalue weighted by Gasteiger charge is 2.26. The molecule has 0 saturated carbocycles. The molecule has 60 valence electrons. The smallest absolute Gasteiger partial charge is 0.274 e. The van der Waals surface area contributed by atoms with Gasteiger partial charge in [-0.25, -0.2) is 8.78 Å². The van der Waals surface area contributed by atoms with Gasteiger partial charge < -0.3 is 5.11 Å². The number of rotatable bonds is 1. The van der Waals surface area contributed by atoms with E-state index in [1.807, 2.05) is 0 Å². The van der Waals surface area contributed by atoms with Gasteiger partial charge in [0.1, 0.15) is 5.75 Å². The van der Waals surface area contributed by atoms with E-state index in [4.69, 9.17) is 5.48 Å². The van der Waals surface area contributed by atoms with E-state index in [-0.39, 0.29) is 0 Å². The first-order chi connectivity index (χ1) is 6.68. The number of hydrogen-bond donors (Lipinski definition) is 1. The summed E-state index contributed by atoms with van der Waals surface area (Å²) in [5.74, 6) is -4.62. The van der Waals surface area contributed by atoms with Gasteiger partial charge in [0.2, 0.25) is 0 Å². The maximum absolute atomic E-state index is 13.0. The number of phenols is 1. The van der Waals surface area contributed by atoms with E-state index >= 15 is 0 Å². The van der Waals surface area contributed by atoms with Crippen molar-refractivity contribution >= 4 is 0 Å². The molecule has 0 aliphatic carbocycles. The molecule has 0 atom stereocenters. The van der Waals surface area contributed by atoms with Gasteiger partial charge in [-0.05, 0) is 12.1 Å². The predicted octanol–water partition coefficient (Wildman–Crippen LogP) is 2.50. The molecule has 0 radical (unpaired) electrons. The second-order valence-corrected chi connectivity index (χ2v) is 2.11. The number of aromatic hydroxyl groups is 1. The first kappa shape index (κ1) is 4.04. The van der Waals surface area contributed by atoms with Gasteiger partial charge in [0.05, 0.1) is 11.0 Å². The summed E-state index contributed by atoms with van der Waals surface area (Å²) in [7, 11) is 0. The van der Waals surface area contributed by atoms with Crippen LogP contribution in [-0.4, -0.2) is 5.11 Å². The summed E-state index contributed by atoms with van der Waals surface area (Å²) < 4.78 is 54.5. The molecule has 0 fully saturated rings. The summed E-state index contributed by atoms with van der Waals surface area (Å²) in [6, 6.07) is -3.28. The maximum Gasteiger partial charge on any atom is 0.274 e. The fourth-order valence-electron chi connectivity index (χ4n) is 0.624. The molecular weight excluding hydrogens is 150 g/mol. The first-order valence-electron chi connectivity index (χ1n) is 4.85. The third kappa shape index (κ3) is 1.67. The highest BCUT2D eigenvalue weighted by molar-refractivity contribution is 5.34. The topological polar surface area (TPSA) is 20.2 Å². The Morgan fingerprint density at radius 2 is 2.00 bits per heavy atom. The molecule has 0 aromatic heterocycles. The molecule has 1 N–H and O–H groups in total. The molecule has 0 saturated heterocycles. The molecule has 0 amide bonds. The van der Waals surface area contributed by atoms with Crippen molar-refractivity contribution < 1.29 is 19.4 Å². The molecule has 3 heteroatoms. The molecule has 0 heterocycles. The average molecular weight is 162 g/mol. The van der Waals surface area contributed by atoms with Crippen LogP contribution in [0.15, 0.2) is 24.2 Å². The van der Waals surface area contributed by atoms with Crippen LogP contribution in [0.5, 0.6) is 5.75 Å².